The predicted octanol–water partition coefficient (Wildman–Crippen LogP) is 2.06. The van der Waals surface area contributed by atoms with Gasteiger partial charge in [0.1, 0.15) is 4.88 Å². The Kier molecular flexibility index (Phi) is 3.04. The Morgan fingerprint density at radius 3 is 3.06 bits per heavy atom. The van der Waals surface area contributed by atoms with E-state index in [9.17, 15) is 4.79 Å². The molecular formula is C10H10N4O2S2. The Balaban J connectivity index is 1.66. The molecular weight excluding hydrogens is 272 g/mol. The van der Waals surface area contributed by atoms with Gasteiger partial charge in [0.15, 0.2) is 0 Å². The summed E-state index contributed by atoms with van der Waals surface area (Å²) in [7, 11) is 0. The summed E-state index contributed by atoms with van der Waals surface area (Å²) in [6, 6.07) is 3.93. The fourth-order valence-electron chi connectivity index (χ4n) is 1.53. The summed E-state index contributed by atoms with van der Waals surface area (Å²) in [6.07, 6.45) is 2.28. The van der Waals surface area contributed by atoms with Crippen molar-refractivity contribution in [1.82, 2.24) is 20.2 Å². The molecule has 1 saturated carbocycles. The van der Waals surface area contributed by atoms with Gasteiger partial charge in [-0.2, -0.15) is 0 Å². The Labute approximate surface area is 111 Å². The molecule has 1 N–H and O–H groups in total. The highest BCUT2D eigenvalue weighted by atomic mass is 32.2. The van der Waals surface area contributed by atoms with Gasteiger partial charge >= 0.3 is 5.97 Å². The average molecular weight is 282 g/mol. The van der Waals surface area contributed by atoms with Gasteiger partial charge in [-0.3, -0.25) is 0 Å². The van der Waals surface area contributed by atoms with E-state index in [1.54, 1.807) is 17.8 Å². The van der Waals surface area contributed by atoms with Gasteiger partial charge in [0.05, 0.1) is 6.04 Å². The first kappa shape index (κ1) is 11.7. The van der Waals surface area contributed by atoms with Crippen molar-refractivity contribution in [1.29, 1.82) is 0 Å². The van der Waals surface area contributed by atoms with E-state index in [1.807, 2.05) is 10.7 Å². The van der Waals surface area contributed by atoms with Crippen molar-refractivity contribution in [3.05, 3.63) is 21.9 Å². The molecule has 0 saturated heterocycles. The lowest BCUT2D eigenvalue weighted by Crippen LogP contribution is -1.98. The fraction of sp³-hybridized carbons (Fsp3) is 0.400. The van der Waals surface area contributed by atoms with E-state index in [0.717, 1.165) is 22.9 Å². The Hall–Kier alpha value is -1.41. The molecule has 0 amide bonds. The lowest BCUT2D eigenvalue weighted by Gasteiger charge is -2.00. The number of hydrogen-bond acceptors (Lipinski definition) is 6. The van der Waals surface area contributed by atoms with Crippen molar-refractivity contribution in [2.45, 2.75) is 29.8 Å². The second-order valence-corrected chi connectivity index (χ2v) is 6.11. The molecule has 3 rings (SSSR count). The monoisotopic (exact) mass is 282 g/mol. The first-order valence-corrected chi connectivity index (χ1v) is 7.27. The van der Waals surface area contributed by atoms with Crippen LogP contribution in [-0.4, -0.2) is 31.3 Å². The smallest absolute Gasteiger partial charge is 0.345 e. The third kappa shape index (κ3) is 2.39. The number of aromatic nitrogens is 4. The molecule has 0 atom stereocenters. The van der Waals surface area contributed by atoms with Crippen molar-refractivity contribution in [2.75, 3.05) is 0 Å². The summed E-state index contributed by atoms with van der Waals surface area (Å²) in [4.78, 5) is 12.2. The summed E-state index contributed by atoms with van der Waals surface area (Å²) < 4.78 is 1.86. The van der Waals surface area contributed by atoms with Gasteiger partial charge in [-0.1, -0.05) is 11.8 Å². The van der Waals surface area contributed by atoms with E-state index < -0.39 is 5.97 Å². The first-order chi connectivity index (χ1) is 8.74. The first-order valence-electron chi connectivity index (χ1n) is 5.46. The average Bonchev–Trinajstić information content (AvgIpc) is 2.92. The van der Waals surface area contributed by atoms with Gasteiger partial charge in [0.25, 0.3) is 0 Å². The number of carboxylic acids is 1. The molecule has 1 aliphatic carbocycles. The highest BCUT2D eigenvalue weighted by Gasteiger charge is 2.27. The molecule has 1 aliphatic rings. The maximum Gasteiger partial charge on any atom is 0.345 e. The zero-order chi connectivity index (χ0) is 12.5. The van der Waals surface area contributed by atoms with Gasteiger partial charge < -0.3 is 5.11 Å². The number of nitrogens with zero attached hydrogens (tertiary/aromatic N) is 4. The third-order valence-corrected chi connectivity index (χ3v) is 4.81. The van der Waals surface area contributed by atoms with Crippen molar-refractivity contribution >= 4 is 29.1 Å². The van der Waals surface area contributed by atoms with Crippen LogP contribution < -0.4 is 0 Å². The number of carboxylic acid groups (broad SMARTS) is 1. The second kappa shape index (κ2) is 4.69. The number of hydrogen-bond donors (Lipinski definition) is 1. The maximum atomic E-state index is 10.8. The predicted molar refractivity (Wildman–Crippen MR) is 66.9 cm³/mol. The van der Waals surface area contributed by atoms with Crippen LogP contribution in [-0.2, 0) is 5.75 Å². The lowest BCUT2D eigenvalue weighted by molar-refractivity contribution is 0.0702. The number of aromatic carboxylic acids is 1. The minimum atomic E-state index is -0.876. The number of carbonyl (C=O) groups is 1. The van der Waals surface area contributed by atoms with E-state index in [1.165, 1.54) is 11.3 Å². The number of tetrazole rings is 1. The normalized spacial score (nSPS) is 14.9. The summed E-state index contributed by atoms with van der Waals surface area (Å²) in [6.45, 7) is 0. The van der Waals surface area contributed by atoms with Crippen molar-refractivity contribution in [2.24, 2.45) is 0 Å². The van der Waals surface area contributed by atoms with Gasteiger partial charge in [0, 0.05) is 10.6 Å². The molecule has 0 unspecified atom stereocenters. The fourth-order valence-corrected chi connectivity index (χ4v) is 3.37. The maximum absolute atomic E-state index is 10.8. The zero-order valence-corrected chi connectivity index (χ0v) is 10.9. The van der Waals surface area contributed by atoms with Crippen LogP contribution in [0.3, 0.4) is 0 Å². The topological polar surface area (TPSA) is 80.9 Å². The van der Waals surface area contributed by atoms with Crippen LogP contribution in [0.5, 0.6) is 0 Å². The van der Waals surface area contributed by atoms with Gasteiger partial charge in [0.2, 0.25) is 5.16 Å². The van der Waals surface area contributed by atoms with Crippen molar-refractivity contribution in [3.63, 3.8) is 0 Å². The quantitative estimate of drug-likeness (QED) is 0.845. The van der Waals surface area contributed by atoms with Crippen molar-refractivity contribution < 1.29 is 9.90 Å². The molecule has 6 nitrogen and oxygen atoms in total. The minimum Gasteiger partial charge on any atom is -0.477 e. The molecule has 0 aromatic carbocycles. The van der Waals surface area contributed by atoms with E-state index in [4.69, 9.17) is 5.11 Å². The molecule has 2 aromatic heterocycles. The summed E-state index contributed by atoms with van der Waals surface area (Å²) in [5.74, 6) is -0.176. The Morgan fingerprint density at radius 2 is 2.39 bits per heavy atom. The van der Waals surface area contributed by atoms with Crippen LogP contribution in [0.1, 0.15) is 33.4 Å². The molecule has 0 aliphatic heterocycles. The molecule has 1 fully saturated rings. The van der Waals surface area contributed by atoms with Crippen LogP contribution in [0.2, 0.25) is 0 Å². The Bertz CT molecular complexity index is 576. The number of thioether (sulfide) groups is 1. The largest absolute Gasteiger partial charge is 0.477 e. The van der Waals surface area contributed by atoms with Crippen molar-refractivity contribution in [3.8, 4) is 0 Å². The van der Waals surface area contributed by atoms with E-state index in [2.05, 4.69) is 15.5 Å². The molecule has 0 spiro atoms. The third-order valence-electron chi connectivity index (χ3n) is 2.57. The van der Waals surface area contributed by atoms with Crippen LogP contribution >= 0.6 is 23.1 Å². The highest BCUT2D eigenvalue weighted by Crippen LogP contribution is 2.37. The Morgan fingerprint density at radius 1 is 1.56 bits per heavy atom. The molecule has 18 heavy (non-hydrogen) atoms. The summed E-state index contributed by atoms with van der Waals surface area (Å²) >= 11 is 2.84. The SMILES string of the molecule is O=C(O)c1ccc(CSc2nnnn2C2CC2)s1. The van der Waals surface area contributed by atoms with E-state index in [0.29, 0.717) is 16.7 Å². The van der Waals surface area contributed by atoms with Crippen LogP contribution in [0.4, 0.5) is 0 Å². The molecule has 2 heterocycles. The zero-order valence-electron chi connectivity index (χ0n) is 9.31. The van der Waals surface area contributed by atoms with Gasteiger partial charge in [-0.15, -0.1) is 16.4 Å². The molecule has 0 bridgehead atoms. The van der Waals surface area contributed by atoms with Gasteiger partial charge in [-0.25, -0.2) is 9.48 Å². The highest BCUT2D eigenvalue weighted by molar-refractivity contribution is 7.98. The molecule has 2 aromatic rings. The minimum absolute atomic E-state index is 0.368. The molecule has 0 radical (unpaired) electrons. The van der Waals surface area contributed by atoms with Gasteiger partial charge in [-0.05, 0) is 35.4 Å². The van der Waals surface area contributed by atoms with Crippen LogP contribution in [0.15, 0.2) is 17.3 Å². The standard InChI is InChI=1S/C10H10N4O2S2/c15-9(16)8-4-3-7(18-8)5-17-10-11-12-13-14(10)6-1-2-6/h3-4,6H,1-2,5H2,(H,15,16). The van der Waals surface area contributed by atoms with E-state index >= 15 is 0 Å². The summed E-state index contributed by atoms with van der Waals surface area (Å²) in [5, 5.41) is 21.3. The second-order valence-electron chi connectivity index (χ2n) is 4.00. The molecule has 94 valence electrons. The lowest BCUT2D eigenvalue weighted by atomic mass is 10.4. The molecule has 8 heteroatoms. The van der Waals surface area contributed by atoms with Crippen LogP contribution in [0, 0.1) is 0 Å². The van der Waals surface area contributed by atoms with Crippen LogP contribution in [0.25, 0.3) is 0 Å². The number of rotatable bonds is 5. The van der Waals surface area contributed by atoms with E-state index in [-0.39, 0.29) is 0 Å². The summed E-state index contributed by atoms with van der Waals surface area (Å²) in [5.41, 5.74) is 0. The number of thiophene rings is 1.